The minimum atomic E-state index is -0.544. The summed E-state index contributed by atoms with van der Waals surface area (Å²) in [5, 5.41) is 6.62. The number of carbonyl (C=O) groups excluding carboxylic acids is 2. The van der Waals surface area contributed by atoms with Crippen molar-refractivity contribution in [1.29, 1.82) is 0 Å². The van der Waals surface area contributed by atoms with Gasteiger partial charge in [0.1, 0.15) is 18.1 Å². The third-order valence-electron chi connectivity index (χ3n) is 4.43. The van der Waals surface area contributed by atoms with Crippen LogP contribution in [-0.4, -0.2) is 36.8 Å². The van der Waals surface area contributed by atoms with Crippen LogP contribution in [0.25, 0.3) is 0 Å². The number of esters is 1. The van der Waals surface area contributed by atoms with Crippen molar-refractivity contribution in [2.75, 3.05) is 19.8 Å². The Morgan fingerprint density at radius 2 is 1.81 bits per heavy atom. The van der Waals surface area contributed by atoms with E-state index in [2.05, 4.69) is 10.5 Å². The van der Waals surface area contributed by atoms with Crippen LogP contribution in [-0.2, 0) is 15.3 Å². The van der Waals surface area contributed by atoms with E-state index in [1.54, 1.807) is 12.1 Å². The highest BCUT2D eigenvalue weighted by Gasteiger charge is 2.16. The number of aromatic nitrogens is 1. The van der Waals surface area contributed by atoms with Crippen LogP contribution >= 0.6 is 11.8 Å². The van der Waals surface area contributed by atoms with E-state index in [9.17, 15) is 9.59 Å². The third kappa shape index (κ3) is 6.62. The number of hydrogen-bond donors (Lipinski definition) is 1. The number of rotatable bonds is 10. The second-order valence-corrected chi connectivity index (χ2v) is 7.69. The summed E-state index contributed by atoms with van der Waals surface area (Å²) in [5.74, 6) is 1.18. The van der Waals surface area contributed by atoms with Crippen molar-refractivity contribution in [1.82, 2.24) is 10.5 Å². The maximum Gasteiger partial charge on any atom is 0.339 e. The lowest BCUT2D eigenvalue weighted by molar-refractivity contribution is -0.124. The molecule has 2 aromatic carbocycles. The second kappa shape index (κ2) is 11.2. The number of ether oxygens (including phenoxy) is 2. The Balaban J connectivity index is 1.45. The molecule has 8 heteroatoms. The van der Waals surface area contributed by atoms with Gasteiger partial charge in [0.2, 0.25) is 0 Å². The number of thioether (sulfide) groups is 1. The Morgan fingerprint density at radius 3 is 2.55 bits per heavy atom. The van der Waals surface area contributed by atoms with E-state index < -0.39 is 5.97 Å². The van der Waals surface area contributed by atoms with Crippen LogP contribution in [0, 0.1) is 13.8 Å². The van der Waals surface area contributed by atoms with Gasteiger partial charge < -0.3 is 19.3 Å². The summed E-state index contributed by atoms with van der Waals surface area (Å²) in [4.78, 5) is 25.2. The molecule has 7 nitrogen and oxygen atoms in total. The number of benzene rings is 2. The van der Waals surface area contributed by atoms with Crippen molar-refractivity contribution in [3.63, 3.8) is 0 Å². The number of carbonyl (C=O) groups is 2. The van der Waals surface area contributed by atoms with E-state index in [1.807, 2.05) is 56.3 Å². The number of nitrogens with zero attached hydrogens (tertiary/aromatic N) is 1. The topological polar surface area (TPSA) is 90.7 Å². The molecule has 0 unspecified atom stereocenters. The lowest BCUT2D eigenvalue weighted by Crippen LogP contribution is -2.32. The second-order valence-electron chi connectivity index (χ2n) is 6.68. The largest absolute Gasteiger partial charge is 0.492 e. The zero-order valence-electron chi connectivity index (χ0n) is 17.4. The molecule has 0 radical (unpaired) electrons. The SMILES string of the molecule is Cc1noc(C)c1CSc1ccccc1C(=O)OCC(=O)NCCOc1ccccc1. The monoisotopic (exact) mass is 440 g/mol. The van der Waals surface area contributed by atoms with Gasteiger partial charge in [0.25, 0.3) is 5.91 Å². The standard InChI is InChI=1S/C23H24N2O5S/c1-16-20(17(2)30-25-16)15-31-21-11-7-6-10-19(21)23(27)29-14-22(26)24-12-13-28-18-8-4-3-5-9-18/h3-11H,12-15H2,1-2H3,(H,24,26). The average Bonchev–Trinajstić information content (AvgIpc) is 3.11. The van der Waals surface area contributed by atoms with Crippen molar-refractivity contribution < 1.29 is 23.6 Å². The quantitative estimate of drug-likeness (QED) is 0.290. The summed E-state index contributed by atoms with van der Waals surface area (Å²) in [6, 6.07) is 16.5. The molecule has 0 aliphatic heterocycles. The number of nitrogens with one attached hydrogen (secondary N) is 1. The Kier molecular flexibility index (Phi) is 8.12. The predicted molar refractivity (Wildman–Crippen MR) is 117 cm³/mol. The summed E-state index contributed by atoms with van der Waals surface area (Å²) < 4.78 is 15.9. The fourth-order valence-corrected chi connectivity index (χ4v) is 3.95. The molecule has 0 aliphatic rings. The third-order valence-corrected chi connectivity index (χ3v) is 5.53. The van der Waals surface area contributed by atoms with Crippen molar-refractivity contribution in [2.24, 2.45) is 0 Å². The van der Waals surface area contributed by atoms with Crippen LogP contribution in [0.5, 0.6) is 5.75 Å². The van der Waals surface area contributed by atoms with Crippen LogP contribution in [0.3, 0.4) is 0 Å². The maximum atomic E-state index is 12.5. The summed E-state index contributed by atoms with van der Waals surface area (Å²) in [6.45, 7) is 4.03. The minimum absolute atomic E-state index is 0.315. The summed E-state index contributed by atoms with van der Waals surface area (Å²) in [5.41, 5.74) is 2.25. The number of hydrogen-bond acceptors (Lipinski definition) is 7. The number of para-hydroxylation sites is 1. The number of aryl methyl sites for hydroxylation is 2. The lowest BCUT2D eigenvalue weighted by atomic mass is 10.2. The molecule has 1 amide bonds. The van der Waals surface area contributed by atoms with E-state index in [1.165, 1.54) is 11.8 Å². The fraction of sp³-hybridized carbons (Fsp3) is 0.261. The van der Waals surface area contributed by atoms with Gasteiger partial charge in [-0.25, -0.2) is 4.79 Å². The normalized spacial score (nSPS) is 10.5. The first kappa shape index (κ1) is 22.4. The Morgan fingerprint density at radius 1 is 1.06 bits per heavy atom. The van der Waals surface area contributed by atoms with E-state index in [0.29, 0.717) is 24.5 Å². The van der Waals surface area contributed by atoms with E-state index in [4.69, 9.17) is 14.0 Å². The molecule has 3 aromatic rings. The Labute approximate surface area is 185 Å². The first-order valence-corrected chi connectivity index (χ1v) is 10.8. The van der Waals surface area contributed by atoms with Gasteiger partial charge >= 0.3 is 5.97 Å². The average molecular weight is 441 g/mol. The van der Waals surface area contributed by atoms with E-state index in [-0.39, 0.29) is 12.5 Å². The molecule has 0 fully saturated rings. The van der Waals surface area contributed by atoms with Gasteiger partial charge in [-0.1, -0.05) is 35.5 Å². The molecule has 0 spiro atoms. The molecule has 1 aromatic heterocycles. The van der Waals surface area contributed by atoms with Crippen LogP contribution in [0.1, 0.15) is 27.4 Å². The van der Waals surface area contributed by atoms with Crippen LogP contribution < -0.4 is 10.1 Å². The molecule has 0 saturated heterocycles. The van der Waals surface area contributed by atoms with Crippen LogP contribution in [0.4, 0.5) is 0 Å². The van der Waals surface area contributed by atoms with Crippen LogP contribution in [0.15, 0.2) is 64.0 Å². The van der Waals surface area contributed by atoms with Gasteiger partial charge in [-0.2, -0.15) is 0 Å². The maximum absolute atomic E-state index is 12.5. The van der Waals surface area contributed by atoms with Crippen molar-refractivity contribution in [2.45, 2.75) is 24.5 Å². The van der Waals surface area contributed by atoms with Crippen molar-refractivity contribution in [3.05, 3.63) is 77.2 Å². The van der Waals surface area contributed by atoms with Gasteiger partial charge in [0.05, 0.1) is 17.8 Å². The lowest BCUT2D eigenvalue weighted by Gasteiger charge is -2.10. The zero-order valence-corrected chi connectivity index (χ0v) is 18.2. The predicted octanol–water partition coefficient (Wildman–Crippen LogP) is 3.94. The summed E-state index contributed by atoms with van der Waals surface area (Å²) in [7, 11) is 0. The molecule has 1 heterocycles. The highest BCUT2D eigenvalue weighted by atomic mass is 32.2. The summed E-state index contributed by atoms with van der Waals surface area (Å²) >= 11 is 1.49. The molecule has 1 N–H and O–H groups in total. The van der Waals surface area contributed by atoms with Crippen LogP contribution in [0.2, 0.25) is 0 Å². The van der Waals surface area contributed by atoms with Gasteiger partial charge in [0, 0.05) is 16.2 Å². The van der Waals surface area contributed by atoms with E-state index in [0.717, 1.165) is 27.7 Å². The van der Waals surface area contributed by atoms with Gasteiger partial charge in [0.15, 0.2) is 6.61 Å². The zero-order chi connectivity index (χ0) is 22.1. The van der Waals surface area contributed by atoms with Gasteiger partial charge in [-0.3, -0.25) is 4.79 Å². The molecule has 0 aliphatic carbocycles. The van der Waals surface area contributed by atoms with Gasteiger partial charge in [-0.05, 0) is 38.1 Å². The fourth-order valence-electron chi connectivity index (χ4n) is 2.75. The molecular formula is C23H24N2O5S. The van der Waals surface area contributed by atoms with Gasteiger partial charge in [-0.15, -0.1) is 11.8 Å². The highest BCUT2D eigenvalue weighted by Crippen LogP contribution is 2.29. The molecule has 31 heavy (non-hydrogen) atoms. The molecule has 0 atom stereocenters. The first-order valence-electron chi connectivity index (χ1n) is 9.80. The molecule has 162 valence electrons. The minimum Gasteiger partial charge on any atom is -0.492 e. The molecular weight excluding hydrogens is 416 g/mol. The smallest absolute Gasteiger partial charge is 0.339 e. The van der Waals surface area contributed by atoms with E-state index >= 15 is 0 Å². The molecule has 0 saturated carbocycles. The Hall–Kier alpha value is -3.26. The first-order chi connectivity index (χ1) is 15.0. The Bertz CT molecular complexity index is 1000. The molecule has 3 rings (SSSR count). The van der Waals surface area contributed by atoms with Crippen molar-refractivity contribution in [3.8, 4) is 5.75 Å². The molecule has 0 bridgehead atoms. The number of amides is 1. The highest BCUT2D eigenvalue weighted by molar-refractivity contribution is 7.98. The summed E-state index contributed by atoms with van der Waals surface area (Å²) in [6.07, 6.45) is 0. The van der Waals surface area contributed by atoms with Crippen molar-refractivity contribution >= 4 is 23.6 Å².